The fraction of sp³-hybridized carbons (Fsp3) is 0.250. The highest BCUT2D eigenvalue weighted by molar-refractivity contribution is 5.82. The van der Waals surface area contributed by atoms with Gasteiger partial charge >= 0.3 is 5.97 Å². The van der Waals surface area contributed by atoms with E-state index in [1.165, 1.54) is 7.11 Å². The smallest absolute Gasteiger partial charge is 0.336 e. The summed E-state index contributed by atoms with van der Waals surface area (Å²) in [7, 11) is 1.25. The Morgan fingerprint density at radius 3 is 2.82 bits per heavy atom. The van der Waals surface area contributed by atoms with E-state index in [1.807, 2.05) is 12.1 Å². The predicted octanol–water partition coefficient (Wildman–Crippen LogP) is 1.01. The van der Waals surface area contributed by atoms with Crippen molar-refractivity contribution in [2.75, 3.05) is 7.11 Å². The maximum absolute atomic E-state index is 11.6. The van der Waals surface area contributed by atoms with Crippen LogP contribution < -0.4 is 0 Å². The Balaban J connectivity index is 2.46. The van der Waals surface area contributed by atoms with Crippen molar-refractivity contribution in [3.8, 4) is 6.07 Å². The van der Waals surface area contributed by atoms with Crippen molar-refractivity contribution < 1.29 is 14.3 Å². The summed E-state index contributed by atoms with van der Waals surface area (Å²) in [6, 6.07) is 9.81. The third kappa shape index (κ3) is 1.64. The molecule has 0 fully saturated rings. The van der Waals surface area contributed by atoms with E-state index in [2.05, 4.69) is 9.73 Å². The Hall–Kier alpha value is -2.35. The summed E-state index contributed by atoms with van der Waals surface area (Å²) in [5, 5.41) is 9.32. The van der Waals surface area contributed by atoms with Gasteiger partial charge in [0.05, 0.1) is 7.11 Å². The molecule has 1 aliphatic heterocycles. The quantitative estimate of drug-likeness (QED) is 0.711. The second-order valence-corrected chi connectivity index (χ2v) is 3.51. The fourth-order valence-electron chi connectivity index (χ4n) is 1.75. The summed E-state index contributed by atoms with van der Waals surface area (Å²) in [6.07, 6.45) is 1.12. The maximum Gasteiger partial charge on any atom is 0.336 e. The third-order valence-corrected chi connectivity index (χ3v) is 2.63. The van der Waals surface area contributed by atoms with Crippen LogP contribution in [0.15, 0.2) is 35.3 Å². The molecule has 0 spiro atoms. The van der Waals surface area contributed by atoms with Crippen molar-refractivity contribution in [2.45, 2.75) is 11.6 Å². The van der Waals surface area contributed by atoms with Gasteiger partial charge in [-0.2, -0.15) is 5.26 Å². The van der Waals surface area contributed by atoms with Gasteiger partial charge in [-0.1, -0.05) is 30.3 Å². The Morgan fingerprint density at radius 1 is 1.53 bits per heavy atom. The van der Waals surface area contributed by atoms with Gasteiger partial charge in [-0.25, -0.2) is 9.79 Å². The minimum Gasteiger partial charge on any atom is -0.467 e. The zero-order valence-corrected chi connectivity index (χ0v) is 9.16. The molecule has 1 aromatic carbocycles. The van der Waals surface area contributed by atoms with Crippen LogP contribution in [0.1, 0.15) is 5.56 Å². The lowest BCUT2D eigenvalue weighted by Crippen LogP contribution is -2.41. The van der Waals surface area contributed by atoms with Gasteiger partial charge in [-0.3, -0.25) is 0 Å². The number of aliphatic imine (C=N–C) groups is 1. The van der Waals surface area contributed by atoms with Crippen molar-refractivity contribution >= 4 is 12.4 Å². The number of nitrogens with zero attached hydrogens (tertiary/aromatic N) is 2. The van der Waals surface area contributed by atoms with Gasteiger partial charge < -0.3 is 9.47 Å². The van der Waals surface area contributed by atoms with Gasteiger partial charge in [0.25, 0.3) is 5.60 Å². The number of hydrogen-bond acceptors (Lipinski definition) is 5. The van der Waals surface area contributed by atoms with Crippen LogP contribution in [0.4, 0.5) is 0 Å². The molecule has 2 rings (SSSR count). The van der Waals surface area contributed by atoms with E-state index in [0.29, 0.717) is 5.56 Å². The van der Waals surface area contributed by atoms with Gasteiger partial charge in [0.15, 0.2) is 6.40 Å². The molecule has 86 valence electrons. The average molecular weight is 230 g/mol. The van der Waals surface area contributed by atoms with Gasteiger partial charge in [0, 0.05) is 5.56 Å². The Bertz CT molecular complexity index is 492. The predicted molar refractivity (Wildman–Crippen MR) is 59.1 cm³/mol. The summed E-state index contributed by atoms with van der Waals surface area (Å²) in [5.41, 5.74) is -0.843. The van der Waals surface area contributed by atoms with Crippen LogP contribution in [0.2, 0.25) is 0 Å². The molecule has 0 saturated carbocycles. The van der Waals surface area contributed by atoms with E-state index >= 15 is 0 Å². The van der Waals surface area contributed by atoms with Crippen LogP contribution in [0.5, 0.6) is 0 Å². The minimum atomic E-state index is -1.42. The zero-order valence-electron chi connectivity index (χ0n) is 9.16. The lowest BCUT2D eigenvalue weighted by atomic mass is 9.88. The van der Waals surface area contributed by atoms with E-state index in [1.54, 1.807) is 24.3 Å². The zero-order chi connectivity index (χ0) is 12.3. The molecule has 0 aliphatic carbocycles. The van der Waals surface area contributed by atoms with Crippen LogP contribution in [0, 0.1) is 11.3 Å². The number of methoxy groups -OCH3 is 1. The Morgan fingerprint density at radius 2 is 2.24 bits per heavy atom. The fourth-order valence-corrected chi connectivity index (χ4v) is 1.75. The second kappa shape index (κ2) is 4.26. The van der Waals surface area contributed by atoms with Crippen LogP contribution in [0.3, 0.4) is 0 Å². The molecule has 1 heterocycles. The van der Waals surface area contributed by atoms with Crippen molar-refractivity contribution in [2.24, 2.45) is 4.99 Å². The third-order valence-electron chi connectivity index (χ3n) is 2.63. The highest BCUT2D eigenvalue weighted by atomic mass is 16.5. The van der Waals surface area contributed by atoms with E-state index in [4.69, 9.17) is 4.74 Å². The largest absolute Gasteiger partial charge is 0.467 e. The molecular formula is C12H10N2O3. The Labute approximate surface area is 98.3 Å². The number of carbonyl (C=O) groups is 1. The summed E-state index contributed by atoms with van der Waals surface area (Å²) in [6.45, 7) is 0. The van der Waals surface area contributed by atoms with Gasteiger partial charge in [-0.15, -0.1) is 0 Å². The van der Waals surface area contributed by atoms with Crippen molar-refractivity contribution in [3.05, 3.63) is 35.9 Å². The summed E-state index contributed by atoms with van der Waals surface area (Å²) >= 11 is 0. The monoisotopic (exact) mass is 230 g/mol. The first-order valence-electron chi connectivity index (χ1n) is 4.98. The van der Waals surface area contributed by atoms with Gasteiger partial charge in [0.2, 0.25) is 6.04 Å². The molecule has 0 aromatic heterocycles. The first-order valence-corrected chi connectivity index (χ1v) is 4.98. The number of rotatable bonds is 2. The van der Waals surface area contributed by atoms with Crippen LogP contribution in [-0.2, 0) is 19.9 Å². The number of esters is 1. The molecule has 0 radical (unpaired) electrons. The molecule has 5 nitrogen and oxygen atoms in total. The number of benzene rings is 1. The molecular weight excluding hydrogens is 220 g/mol. The van der Waals surface area contributed by atoms with Crippen LogP contribution >= 0.6 is 0 Å². The number of nitriles is 1. The minimum absolute atomic E-state index is 0.579. The number of hydrogen-bond donors (Lipinski definition) is 0. The second-order valence-electron chi connectivity index (χ2n) is 3.51. The summed E-state index contributed by atoms with van der Waals surface area (Å²) < 4.78 is 9.89. The van der Waals surface area contributed by atoms with E-state index in [9.17, 15) is 10.1 Å². The van der Waals surface area contributed by atoms with Crippen LogP contribution in [0.25, 0.3) is 0 Å². The van der Waals surface area contributed by atoms with Crippen molar-refractivity contribution in [3.63, 3.8) is 0 Å². The van der Waals surface area contributed by atoms with Gasteiger partial charge in [-0.05, 0) is 0 Å². The maximum atomic E-state index is 11.6. The molecule has 0 amide bonds. The van der Waals surface area contributed by atoms with Crippen molar-refractivity contribution in [1.82, 2.24) is 0 Å². The molecule has 0 unspecified atom stereocenters. The molecule has 1 aliphatic rings. The Kier molecular flexibility index (Phi) is 2.79. The molecule has 1 aromatic rings. The standard InChI is InChI=1S/C12H10N2O3/c1-16-11(15)10-12(7-13,17-8-14-10)9-5-3-2-4-6-9/h2-6,8,10H,1H3/t10-,12-/m1/s1. The first kappa shape index (κ1) is 11.1. The summed E-state index contributed by atoms with van der Waals surface area (Å²) in [4.78, 5) is 15.5. The lowest BCUT2D eigenvalue weighted by Gasteiger charge is -2.24. The molecule has 17 heavy (non-hydrogen) atoms. The lowest BCUT2D eigenvalue weighted by molar-refractivity contribution is -0.145. The molecule has 0 bridgehead atoms. The number of carbonyl (C=O) groups excluding carboxylic acids is 1. The van der Waals surface area contributed by atoms with Crippen molar-refractivity contribution in [1.29, 1.82) is 5.26 Å². The molecule has 5 heteroatoms. The first-order chi connectivity index (χ1) is 8.24. The SMILES string of the molecule is COC(=O)[C@H]1N=CO[C@]1(C#N)c1ccccc1. The highest BCUT2D eigenvalue weighted by Crippen LogP contribution is 2.34. The summed E-state index contributed by atoms with van der Waals surface area (Å²) in [5.74, 6) is -0.593. The molecule has 0 N–H and O–H groups in total. The molecule has 0 saturated heterocycles. The van der Waals surface area contributed by atoms with Crippen LogP contribution in [-0.4, -0.2) is 25.5 Å². The topological polar surface area (TPSA) is 71.7 Å². The molecule has 2 atom stereocenters. The van der Waals surface area contributed by atoms with Gasteiger partial charge in [0.1, 0.15) is 6.07 Å². The van der Waals surface area contributed by atoms with E-state index in [0.717, 1.165) is 6.40 Å². The number of ether oxygens (including phenoxy) is 2. The van der Waals surface area contributed by atoms with E-state index < -0.39 is 17.6 Å². The highest BCUT2D eigenvalue weighted by Gasteiger charge is 2.51. The normalized spacial score (nSPS) is 26.0. The van der Waals surface area contributed by atoms with E-state index in [-0.39, 0.29) is 0 Å². The average Bonchev–Trinajstić information content (AvgIpc) is 2.84.